The second-order valence-electron chi connectivity index (χ2n) is 4.56. The molecule has 2 atom stereocenters. The molecule has 2 rings (SSSR count). The van der Waals surface area contributed by atoms with Gasteiger partial charge >= 0.3 is 6.09 Å². The van der Waals surface area contributed by atoms with Gasteiger partial charge < -0.3 is 24.3 Å². The number of carbonyl (C=O) groups excluding carboxylic acids is 1. The number of hydrogen-bond acceptors (Lipinski definition) is 5. The Labute approximate surface area is 118 Å². The number of alkyl carbamates (subject to hydrolysis) is 1. The molecule has 0 aliphatic carbocycles. The van der Waals surface area contributed by atoms with Gasteiger partial charge in [0.1, 0.15) is 12.7 Å². The Morgan fingerprint density at radius 3 is 2.85 bits per heavy atom. The van der Waals surface area contributed by atoms with Gasteiger partial charge in [0.2, 0.25) is 0 Å². The van der Waals surface area contributed by atoms with E-state index in [9.17, 15) is 4.79 Å². The van der Waals surface area contributed by atoms with Crippen LogP contribution in [0.5, 0.6) is 0 Å². The lowest BCUT2D eigenvalue weighted by Gasteiger charge is -2.20. The van der Waals surface area contributed by atoms with Gasteiger partial charge in [0, 0.05) is 20.6 Å². The molecule has 0 spiro atoms. The standard InChI is InChI=1S/C14H19NO5/c1-14(17-2)19-10-12(20-14)8-15-13(16)18-9-11-6-4-3-5-7-11/h3-7,12H,8-10H2,1-2H3,(H,15,16)/t12?,14-/m1/s1. The molecular weight excluding hydrogens is 262 g/mol. The van der Waals surface area contributed by atoms with E-state index in [2.05, 4.69) is 5.32 Å². The smallest absolute Gasteiger partial charge is 0.407 e. The molecule has 1 aliphatic heterocycles. The number of hydrogen-bond donors (Lipinski definition) is 1. The predicted molar refractivity (Wildman–Crippen MR) is 70.9 cm³/mol. The Hall–Kier alpha value is -1.63. The highest BCUT2D eigenvalue weighted by molar-refractivity contribution is 5.67. The first-order valence-electron chi connectivity index (χ1n) is 6.43. The van der Waals surface area contributed by atoms with E-state index >= 15 is 0 Å². The molecule has 1 N–H and O–H groups in total. The number of rotatable bonds is 5. The van der Waals surface area contributed by atoms with Crippen LogP contribution in [0, 0.1) is 0 Å². The van der Waals surface area contributed by atoms with E-state index in [0.717, 1.165) is 5.56 Å². The van der Waals surface area contributed by atoms with Crippen LogP contribution in [0.3, 0.4) is 0 Å². The average molecular weight is 281 g/mol. The van der Waals surface area contributed by atoms with Crippen molar-refractivity contribution in [3.8, 4) is 0 Å². The highest BCUT2D eigenvalue weighted by Crippen LogP contribution is 2.23. The van der Waals surface area contributed by atoms with E-state index in [1.54, 1.807) is 6.92 Å². The largest absolute Gasteiger partial charge is 0.445 e. The molecule has 1 amide bonds. The van der Waals surface area contributed by atoms with Crippen molar-refractivity contribution < 1.29 is 23.7 Å². The molecule has 1 heterocycles. The molecule has 1 saturated heterocycles. The third-order valence-corrected chi connectivity index (χ3v) is 2.97. The van der Waals surface area contributed by atoms with Crippen molar-refractivity contribution >= 4 is 6.09 Å². The highest BCUT2D eigenvalue weighted by atomic mass is 16.9. The van der Waals surface area contributed by atoms with Crippen LogP contribution in [0.4, 0.5) is 4.79 Å². The number of ether oxygens (including phenoxy) is 4. The van der Waals surface area contributed by atoms with Crippen LogP contribution in [-0.4, -0.2) is 38.4 Å². The quantitative estimate of drug-likeness (QED) is 0.889. The van der Waals surface area contributed by atoms with Gasteiger partial charge in [0.15, 0.2) is 0 Å². The zero-order chi connectivity index (χ0) is 14.4. The summed E-state index contributed by atoms with van der Waals surface area (Å²) in [6, 6.07) is 9.49. The average Bonchev–Trinajstić information content (AvgIpc) is 2.86. The van der Waals surface area contributed by atoms with E-state index in [1.165, 1.54) is 7.11 Å². The fourth-order valence-electron chi connectivity index (χ4n) is 1.79. The second kappa shape index (κ2) is 6.69. The molecule has 110 valence electrons. The zero-order valence-electron chi connectivity index (χ0n) is 11.6. The fraction of sp³-hybridized carbons (Fsp3) is 0.500. The number of benzene rings is 1. The first-order chi connectivity index (χ1) is 9.61. The maximum absolute atomic E-state index is 11.5. The highest BCUT2D eigenvalue weighted by Gasteiger charge is 2.37. The number of carbonyl (C=O) groups is 1. The van der Waals surface area contributed by atoms with Crippen molar-refractivity contribution in [1.29, 1.82) is 0 Å². The van der Waals surface area contributed by atoms with Gasteiger partial charge in [-0.2, -0.15) is 0 Å². The van der Waals surface area contributed by atoms with Gasteiger partial charge in [0.25, 0.3) is 5.97 Å². The predicted octanol–water partition coefficient (Wildman–Crippen LogP) is 1.65. The van der Waals surface area contributed by atoms with Crippen molar-refractivity contribution in [3.63, 3.8) is 0 Å². The summed E-state index contributed by atoms with van der Waals surface area (Å²) in [5.41, 5.74) is 0.940. The van der Waals surface area contributed by atoms with Gasteiger partial charge in [-0.15, -0.1) is 0 Å². The molecule has 1 fully saturated rings. The Morgan fingerprint density at radius 1 is 1.45 bits per heavy atom. The van der Waals surface area contributed by atoms with Crippen molar-refractivity contribution in [2.45, 2.75) is 25.6 Å². The summed E-state index contributed by atoms with van der Waals surface area (Å²) in [5.74, 6) is -1.03. The lowest BCUT2D eigenvalue weighted by atomic mass is 10.2. The fourth-order valence-corrected chi connectivity index (χ4v) is 1.79. The van der Waals surface area contributed by atoms with Gasteiger partial charge in [-0.1, -0.05) is 30.3 Å². The molecule has 6 heteroatoms. The van der Waals surface area contributed by atoms with Crippen molar-refractivity contribution in [2.75, 3.05) is 20.3 Å². The zero-order valence-corrected chi connectivity index (χ0v) is 11.6. The molecule has 1 aliphatic rings. The van der Waals surface area contributed by atoms with Crippen molar-refractivity contribution in [3.05, 3.63) is 35.9 Å². The molecular formula is C14H19NO5. The summed E-state index contributed by atoms with van der Waals surface area (Å²) < 4.78 is 21.0. The molecule has 0 aromatic heterocycles. The number of methoxy groups -OCH3 is 1. The Kier molecular flexibility index (Phi) is 4.94. The molecule has 20 heavy (non-hydrogen) atoms. The van der Waals surface area contributed by atoms with Crippen molar-refractivity contribution in [1.82, 2.24) is 5.32 Å². The van der Waals surface area contributed by atoms with E-state index in [-0.39, 0.29) is 12.7 Å². The summed E-state index contributed by atoms with van der Waals surface area (Å²) in [7, 11) is 1.50. The van der Waals surface area contributed by atoms with Crippen LogP contribution >= 0.6 is 0 Å². The minimum Gasteiger partial charge on any atom is -0.445 e. The number of nitrogens with one attached hydrogen (secondary N) is 1. The molecule has 6 nitrogen and oxygen atoms in total. The van der Waals surface area contributed by atoms with E-state index in [1.807, 2.05) is 30.3 Å². The summed E-state index contributed by atoms with van der Waals surface area (Å²) in [6.45, 7) is 2.60. The summed E-state index contributed by atoms with van der Waals surface area (Å²) in [5, 5.41) is 2.63. The summed E-state index contributed by atoms with van der Waals surface area (Å²) >= 11 is 0. The van der Waals surface area contributed by atoms with Crippen LogP contribution in [0.15, 0.2) is 30.3 Å². The Morgan fingerprint density at radius 2 is 2.20 bits per heavy atom. The first-order valence-corrected chi connectivity index (χ1v) is 6.43. The van der Waals surface area contributed by atoms with Crippen LogP contribution in [0.25, 0.3) is 0 Å². The molecule has 1 aromatic carbocycles. The lowest BCUT2D eigenvalue weighted by molar-refractivity contribution is -0.312. The van der Waals surface area contributed by atoms with E-state index in [4.69, 9.17) is 18.9 Å². The Bertz CT molecular complexity index is 438. The van der Waals surface area contributed by atoms with Gasteiger partial charge in [-0.05, 0) is 5.56 Å². The number of amides is 1. The summed E-state index contributed by atoms with van der Waals surface area (Å²) in [6.07, 6.45) is -0.729. The topological polar surface area (TPSA) is 66.0 Å². The maximum atomic E-state index is 11.5. The normalized spacial score (nSPS) is 25.4. The van der Waals surface area contributed by atoms with Crippen LogP contribution < -0.4 is 5.32 Å². The van der Waals surface area contributed by atoms with Gasteiger partial charge in [0.05, 0.1) is 6.61 Å². The molecule has 0 radical (unpaired) electrons. The van der Waals surface area contributed by atoms with Crippen LogP contribution in [0.1, 0.15) is 12.5 Å². The Balaban J connectivity index is 1.66. The van der Waals surface area contributed by atoms with Crippen LogP contribution in [-0.2, 0) is 25.6 Å². The minimum absolute atomic E-state index is 0.241. The van der Waals surface area contributed by atoms with Gasteiger partial charge in [-0.3, -0.25) is 0 Å². The van der Waals surface area contributed by atoms with Crippen molar-refractivity contribution in [2.24, 2.45) is 0 Å². The third-order valence-electron chi connectivity index (χ3n) is 2.97. The molecule has 0 saturated carbocycles. The first kappa shape index (κ1) is 14.8. The molecule has 1 unspecified atom stereocenters. The third kappa shape index (κ3) is 4.19. The monoisotopic (exact) mass is 281 g/mol. The molecule has 1 aromatic rings. The second-order valence-corrected chi connectivity index (χ2v) is 4.56. The van der Waals surface area contributed by atoms with Crippen LogP contribution in [0.2, 0.25) is 0 Å². The minimum atomic E-state index is -1.03. The SMILES string of the molecule is CO[C@]1(C)OCC(CNC(=O)OCc2ccccc2)O1. The van der Waals surface area contributed by atoms with Gasteiger partial charge in [-0.25, -0.2) is 4.79 Å². The maximum Gasteiger partial charge on any atom is 0.407 e. The molecule has 0 bridgehead atoms. The van der Waals surface area contributed by atoms with E-state index in [0.29, 0.717) is 13.2 Å². The van der Waals surface area contributed by atoms with E-state index < -0.39 is 12.1 Å². The lowest BCUT2D eigenvalue weighted by Crippen LogP contribution is -2.35. The summed E-state index contributed by atoms with van der Waals surface area (Å²) in [4.78, 5) is 11.5.